The number of hydrogen-bond acceptors (Lipinski definition) is 6. The van der Waals surface area contributed by atoms with Gasteiger partial charge in [0.15, 0.2) is 0 Å². The molecule has 0 radical (unpaired) electrons. The zero-order valence-corrected chi connectivity index (χ0v) is 17.6. The van der Waals surface area contributed by atoms with Gasteiger partial charge in [-0.25, -0.2) is 0 Å². The first-order chi connectivity index (χ1) is 11.1. The van der Waals surface area contributed by atoms with Crippen LogP contribution < -0.4 is 0 Å². The minimum absolute atomic E-state index is 0.504. The van der Waals surface area contributed by atoms with Gasteiger partial charge >= 0.3 is 17.1 Å². The minimum atomic E-state index is -2.80. The Morgan fingerprint density at radius 1 is 0.565 bits per heavy atom. The Labute approximate surface area is 143 Å². The molecule has 0 N–H and O–H groups in total. The zero-order valence-electron chi connectivity index (χ0n) is 15.6. The lowest BCUT2D eigenvalue weighted by Gasteiger charge is -2.47. The van der Waals surface area contributed by atoms with Crippen LogP contribution in [-0.4, -0.2) is 61.8 Å². The van der Waals surface area contributed by atoms with Gasteiger partial charge in [0.25, 0.3) is 5.03 Å². The standard InChI is InChI=1S/C15H34O6Si2/c1-7-16-15(17-8-2)22(18-9-3,19-10-4)13-14-23(15,20-11-5)21-12-6/h7-14H2,1-6H3. The molecule has 0 spiro atoms. The smallest absolute Gasteiger partial charge is 0.392 e. The lowest BCUT2D eigenvalue weighted by atomic mass is 10.8. The molecular formula is C15H34O6Si2. The fraction of sp³-hybridized carbons (Fsp3) is 1.00. The third-order valence-electron chi connectivity index (χ3n) is 3.99. The summed E-state index contributed by atoms with van der Waals surface area (Å²) in [4.78, 5) is 0. The van der Waals surface area contributed by atoms with E-state index in [9.17, 15) is 0 Å². The summed E-state index contributed by atoms with van der Waals surface area (Å²) < 4.78 is 37.5. The summed E-state index contributed by atoms with van der Waals surface area (Å²) in [7, 11) is -5.59. The topological polar surface area (TPSA) is 55.4 Å². The van der Waals surface area contributed by atoms with Crippen LogP contribution in [-0.2, 0) is 27.2 Å². The first kappa shape index (κ1) is 21.2. The van der Waals surface area contributed by atoms with Gasteiger partial charge in [-0.3, -0.25) is 0 Å². The van der Waals surface area contributed by atoms with E-state index in [1.807, 2.05) is 41.5 Å². The first-order valence-corrected chi connectivity index (χ1v) is 13.0. The predicted octanol–water partition coefficient (Wildman–Crippen LogP) is 2.88. The Balaban J connectivity index is 3.45. The van der Waals surface area contributed by atoms with Gasteiger partial charge < -0.3 is 27.2 Å². The molecule has 0 atom stereocenters. The molecule has 0 aromatic heterocycles. The van der Waals surface area contributed by atoms with Gasteiger partial charge in [0.05, 0.1) is 0 Å². The van der Waals surface area contributed by atoms with E-state index in [1.165, 1.54) is 0 Å². The van der Waals surface area contributed by atoms with Crippen molar-refractivity contribution in [2.75, 3.05) is 39.6 Å². The van der Waals surface area contributed by atoms with Crippen LogP contribution in [0, 0.1) is 0 Å². The molecule has 1 aliphatic heterocycles. The van der Waals surface area contributed by atoms with E-state index in [4.69, 9.17) is 27.2 Å². The molecule has 0 aliphatic carbocycles. The fourth-order valence-electron chi connectivity index (χ4n) is 3.52. The van der Waals surface area contributed by atoms with Crippen LogP contribution in [0.2, 0.25) is 12.1 Å². The Morgan fingerprint density at radius 2 is 0.870 bits per heavy atom. The van der Waals surface area contributed by atoms with Crippen molar-refractivity contribution < 1.29 is 27.2 Å². The lowest BCUT2D eigenvalue weighted by molar-refractivity contribution is -0.172. The summed E-state index contributed by atoms with van der Waals surface area (Å²) >= 11 is 0. The molecule has 1 rings (SSSR count). The van der Waals surface area contributed by atoms with E-state index < -0.39 is 22.2 Å². The summed E-state index contributed by atoms with van der Waals surface area (Å²) in [5.41, 5.74) is 0. The van der Waals surface area contributed by atoms with E-state index in [2.05, 4.69) is 0 Å². The maximum absolute atomic E-state index is 6.27. The molecule has 6 nitrogen and oxygen atoms in total. The Kier molecular flexibility index (Phi) is 8.88. The molecular weight excluding hydrogens is 332 g/mol. The molecule has 23 heavy (non-hydrogen) atoms. The van der Waals surface area contributed by atoms with Gasteiger partial charge in [-0.15, -0.1) is 0 Å². The second kappa shape index (κ2) is 9.62. The highest BCUT2D eigenvalue weighted by Crippen LogP contribution is 2.50. The zero-order chi connectivity index (χ0) is 17.4. The molecule has 1 fully saturated rings. The van der Waals surface area contributed by atoms with E-state index in [0.717, 1.165) is 12.1 Å². The maximum Gasteiger partial charge on any atom is 0.402 e. The van der Waals surface area contributed by atoms with E-state index >= 15 is 0 Å². The van der Waals surface area contributed by atoms with Crippen LogP contribution in [0.4, 0.5) is 0 Å². The second-order valence-corrected chi connectivity index (χ2v) is 12.2. The van der Waals surface area contributed by atoms with Gasteiger partial charge in [-0.05, 0) is 53.6 Å². The van der Waals surface area contributed by atoms with Crippen LogP contribution in [0.1, 0.15) is 41.5 Å². The molecule has 138 valence electrons. The number of ether oxygens (including phenoxy) is 2. The average molecular weight is 367 g/mol. The molecule has 1 saturated heterocycles. The van der Waals surface area contributed by atoms with Gasteiger partial charge in [0.2, 0.25) is 0 Å². The quantitative estimate of drug-likeness (QED) is 0.391. The van der Waals surface area contributed by atoms with E-state index in [-0.39, 0.29) is 0 Å². The van der Waals surface area contributed by atoms with Crippen LogP contribution in [0.3, 0.4) is 0 Å². The van der Waals surface area contributed by atoms with E-state index in [0.29, 0.717) is 39.6 Å². The molecule has 8 heteroatoms. The van der Waals surface area contributed by atoms with Crippen LogP contribution in [0.25, 0.3) is 0 Å². The summed E-state index contributed by atoms with van der Waals surface area (Å²) in [6.45, 7) is 15.1. The summed E-state index contributed by atoms with van der Waals surface area (Å²) in [6.07, 6.45) is 0. The van der Waals surface area contributed by atoms with E-state index in [1.54, 1.807) is 0 Å². The Hall–Kier alpha value is 0.194. The highest BCUT2D eigenvalue weighted by atomic mass is 28.4. The van der Waals surface area contributed by atoms with Crippen LogP contribution >= 0.6 is 0 Å². The molecule has 0 aromatic carbocycles. The van der Waals surface area contributed by atoms with Crippen molar-refractivity contribution in [3.05, 3.63) is 0 Å². The monoisotopic (exact) mass is 366 g/mol. The van der Waals surface area contributed by atoms with Crippen LogP contribution in [0.15, 0.2) is 0 Å². The Bertz CT molecular complexity index is 298. The largest absolute Gasteiger partial charge is 0.402 e. The molecule has 0 amide bonds. The van der Waals surface area contributed by atoms with Crippen molar-refractivity contribution in [3.63, 3.8) is 0 Å². The number of rotatable bonds is 12. The third-order valence-corrected chi connectivity index (χ3v) is 14.2. The molecule has 0 unspecified atom stereocenters. The lowest BCUT2D eigenvalue weighted by Crippen LogP contribution is -2.75. The summed E-state index contributed by atoms with van der Waals surface area (Å²) in [5, 5.41) is -0.985. The first-order valence-electron chi connectivity index (χ1n) is 8.91. The van der Waals surface area contributed by atoms with Crippen molar-refractivity contribution in [2.24, 2.45) is 0 Å². The molecule has 1 heterocycles. The van der Waals surface area contributed by atoms with Crippen molar-refractivity contribution in [3.8, 4) is 0 Å². The van der Waals surface area contributed by atoms with Crippen molar-refractivity contribution in [1.82, 2.24) is 0 Å². The average Bonchev–Trinajstić information content (AvgIpc) is 2.74. The summed E-state index contributed by atoms with van der Waals surface area (Å²) in [6, 6.07) is 1.56. The van der Waals surface area contributed by atoms with Crippen LogP contribution in [0.5, 0.6) is 0 Å². The molecule has 0 aromatic rings. The van der Waals surface area contributed by atoms with Gasteiger partial charge in [0, 0.05) is 39.6 Å². The molecule has 1 aliphatic rings. The van der Waals surface area contributed by atoms with Gasteiger partial charge in [-0.1, -0.05) is 0 Å². The summed E-state index contributed by atoms with van der Waals surface area (Å²) in [5.74, 6) is 0. The highest BCUT2D eigenvalue weighted by molar-refractivity contribution is 6.94. The van der Waals surface area contributed by atoms with Gasteiger partial charge in [0.1, 0.15) is 0 Å². The highest BCUT2D eigenvalue weighted by Gasteiger charge is 2.80. The predicted molar refractivity (Wildman–Crippen MR) is 93.6 cm³/mol. The fourth-order valence-corrected chi connectivity index (χ4v) is 15.6. The maximum atomic E-state index is 6.27. The van der Waals surface area contributed by atoms with Gasteiger partial charge in [-0.2, -0.15) is 0 Å². The normalized spacial score (nSPS) is 21.7. The Morgan fingerprint density at radius 3 is 1.09 bits per heavy atom. The number of hydrogen-bond donors (Lipinski definition) is 0. The molecule has 0 bridgehead atoms. The second-order valence-electron chi connectivity index (χ2n) is 5.22. The molecule has 0 saturated carbocycles. The SMILES string of the molecule is CCOC1(OCC)[Si](OCC)(OCC)CC[Si]1(OCC)OCC. The third kappa shape index (κ3) is 3.74. The van der Waals surface area contributed by atoms with Crippen molar-refractivity contribution in [1.29, 1.82) is 0 Å². The van der Waals surface area contributed by atoms with Crippen molar-refractivity contribution >= 4 is 17.1 Å². The van der Waals surface area contributed by atoms with Crippen molar-refractivity contribution in [2.45, 2.75) is 58.7 Å². The minimum Gasteiger partial charge on any atom is -0.392 e.